The van der Waals surface area contributed by atoms with Crippen molar-refractivity contribution in [2.45, 2.75) is 13.5 Å². The van der Waals surface area contributed by atoms with Crippen LogP contribution >= 0.6 is 12.2 Å². The molecule has 5 nitrogen and oxygen atoms in total. The zero-order chi connectivity index (χ0) is 13.8. The normalized spacial score (nSPS) is 11.4. The van der Waals surface area contributed by atoms with E-state index in [0.717, 1.165) is 5.56 Å². The highest BCUT2D eigenvalue weighted by Gasteiger charge is 2.03. The van der Waals surface area contributed by atoms with Crippen LogP contribution in [0.3, 0.4) is 0 Å². The van der Waals surface area contributed by atoms with Crippen LogP contribution in [0.1, 0.15) is 11.4 Å². The summed E-state index contributed by atoms with van der Waals surface area (Å²) in [4.78, 5) is 0. The molecule has 0 unspecified atom stereocenters. The minimum absolute atomic E-state index is 0.100. The van der Waals surface area contributed by atoms with Crippen LogP contribution in [0.15, 0.2) is 29.4 Å². The van der Waals surface area contributed by atoms with E-state index >= 15 is 0 Å². The molecule has 1 aromatic heterocycles. The number of aromatic amines is 1. The van der Waals surface area contributed by atoms with Gasteiger partial charge in [-0.1, -0.05) is 0 Å². The van der Waals surface area contributed by atoms with E-state index in [9.17, 15) is 8.78 Å². The van der Waals surface area contributed by atoms with Gasteiger partial charge in [-0.3, -0.25) is 5.10 Å². The van der Waals surface area contributed by atoms with Gasteiger partial charge in [0.2, 0.25) is 4.77 Å². The third-order valence-corrected chi connectivity index (χ3v) is 2.50. The van der Waals surface area contributed by atoms with Gasteiger partial charge in [-0.25, -0.2) is 0 Å². The number of aromatic nitrogens is 3. The number of rotatable bonds is 4. The van der Waals surface area contributed by atoms with Gasteiger partial charge in [0, 0.05) is 0 Å². The van der Waals surface area contributed by atoms with E-state index in [1.165, 1.54) is 16.8 Å². The topological polar surface area (TPSA) is 55.2 Å². The zero-order valence-electron chi connectivity index (χ0n) is 9.88. The summed E-state index contributed by atoms with van der Waals surface area (Å²) in [7, 11) is 0. The van der Waals surface area contributed by atoms with Crippen molar-refractivity contribution in [2.75, 3.05) is 0 Å². The maximum absolute atomic E-state index is 12.0. The molecule has 0 aliphatic carbocycles. The number of nitrogens with zero attached hydrogens (tertiary/aromatic N) is 3. The Hall–Kier alpha value is -2.09. The Kier molecular flexibility index (Phi) is 4.00. The van der Waals surface area contributed by atoms with Crippen LogP contribution in [0.5, 0.6) is 5.75 Å². The molecule has 0 spiro atoms. The third-order valence-electron chi connectivity index (χ3n) is 2.24. The fourth-order valence-corrected chi connectivity index (χ4v) is 1.59. The van der Waals surface area contributed by atoms with Gasteiger partial charge in [0.1, 0.15) is 11.6 Å². The number of halogens is 2. The molecule has 0 saturated heterocycles. The van der Waals surface area contributed by atoms with Crippen LogP contribution in [0.2, 0.25) is 0 Å². The number of hydrogen-bond donors (Lipinski definition) is 1. The molecular weight excluding hydrogens is 274 g/mol. The Labute approximate surface area is 112 Å². The molecule has 1 N–H and O–H groups in total. The van der Waals surface area contributed by atoms with Gasteiger partial charge in [0.05, 0.1) is 6.21 Å². The average Bonchev–Trinajstić information content (AvgIpc) is 2.68. The molecule has 19 heavy (non-hydrogen) atoms. The molecule has 0 aliphatic rings. The predicted octanol–water partition coefficient (Wildman–Crippen LogP) is 2.73. The Balaban J connectivity index is 2.14. The molecule has 2 rings (SSSR count). The number of nitrogens with one attached hydrogen (secondary N) is 1. The largest absolute Gasteiger partial charge is 0.435 e. The molecule has 0 fully saturated rings. The van der Waals surface area contributed by atoms with E-state index < -0.39 is 6.61 Å². The standard InChI is InChI=1S/C11H10F2N4OS/c1-7-15-16-11(19)17(7)14-6-8-2-4-9(5-3-8)18-10(12)13/h2-6,10H,1H3,(H,16,19)/b14-6+. The van der Waals surface area contributed by atoms with Crippen LogP contribution < -0.4 is 4.74 Å². The molecule has 1 heterocycles. The molecule has 0 aliphatic heterocycles. The lowest BCUT2D eigenvalue weighted by Gasteiger charge is -2.03. The summed E-state index contributed by atoms with van der Waals surface area (Å²) < 4.78 is 30.0. The molecule has 2 aromatic rings. The first-order chi connectivity index (χ1) is 9.06. The van der Waals surface area contributed by atoms with Gasteiger partial charge in [-0.2, -0.15) is 23.7 Å². The second-order valence-corrected chi connectivity index (χ2v) is 3.97. The maximum Gasteiger partial charge on any atom is 0.387 e. The lowest BCUT2D eigenvalue weighted by Crippen LogP contribution is -2.01. The van der Waals surface area contributed by atoms with Crippen molar-refractivity contribution in [3.8, 4) is 5.75 Å². The fraction of sp³-hybridized carbons (Fsp3) is 0.182. The van der Waals surface area contributed by atoms with Crippen molar-refractivity contribution in [2.24, 2.45) is 5.10 Å². The van der Waals surface area contributed by atoms with Crippen molar-refractivity contribution in [1.82, 2.24) is 14.9 Å². The van der Waals surface area contributed by atoms with Crippen molar-refractivity contribution in [3.63, 3.8) is 0 Å². The minimum atomic E-state index is -2.83. The van der Waals surface area contributed by atoms with Crippen molar-refractivity contribution >= 4 is 18.4 Å². The summed E-state index contributed by atoms with van der Waals surface area (Å²) in [6, 6.07) is 6.10. The first-order valence-corrected chi connectivity index (χ1v) is 5.70. The van der Waals surface area contributed by atoms with E-state index in [1.54, 1.807) is 25.3 Å². The predicted molar refractivity (Wildman–Crippen MR) is 68.2 cm³/mol. The molecule has 0 amide bonds. The van der Waals surface area contributed by atoms with E-state index in [1.807, 2.05) is 0 Å². The second kappa shape index (κ2) is 5.70. The SMILES string of the molecule is Cc1n[nH]c(=S)n1/N=C/c1ccc(OC(F)F)cc1. The van der Waals surface area contributed by atoms with Gasteiger partial charge in [0.15, 0.2) is 0 Å². The van der Waals surface area contributed by atoms with Gasteiger partial charge in [0.25, 0.3) is 0 Å². The van der Waals surface area contributed by atoms with E-state index in [-0.39, 0.29) is 5.75 Å². The van der Waals surface area contributed by atoms with Crippen LogP contribution in [-0.2, 0) is 0 Å². The lowest BCUT2D eigenvalue weighted by atomic mass is 10.2. The lowest BCUT2D eigenvalue weighted by molar-refractivity contribution is -0.0498. The number of alkyl halides is 2. The monoisotopic (exact) mass is 284 g/mol. The molecule has 8 heteroatoms. The number of hydrogen-bond acceptors (Lipinski definition) is 4. The minimum Gasteiger partial charge on any atom is -0.435 e. The van der Waals surface area contributed by atoms with Crippen molar-refractivity contribution in [3.05, 3.63) is 40.4 Å². The smallest absolute Gasteiger partial charge is 0.387 e. The number of H-pyrrole nitrogens is 1. The van der Waals surface area contributed by atoms with Crippen molar-refractivity contribution < 1.29 is 13.5 Å². The summed E-state index contributed by atoms with van der Waals surface area (Å²) in [6.45, 7) is -1.07. The highest BCUT2D eigenvalue weighted by Crippen LogP contribution is 2.14. The van der Waals surface area contributed by atoms with Crippen molar-refractivity contribution in [1.29, 1.82) is 0 Å². The number of aryl methyl sites for hydroxylation is 1. The molecule has 0 atom stereocenters. The summed E-state index contributed by atoms with van der Waals surface area (Å²) in [5.41, 5.74) is 0.726. The second-order valence-electron chi connectivity index (χ2n) is 3.58. The van der Waals surface area contributed by atoms with Gasteiger partial charge >= 0.3 is 6.61 Å². The molecule has 100 valence electrons. The molecule has 0 saturated carbocycles. The van der Waals surface area contributed by atoms with Gasteiger partial charge < -0.3 is 4.74 Å². The summed E-state index contributed by atoms with van der Waals surface area (Å²) >= 11 is 4.98. The Morgan fingerprint density at radius 2 is 2.11 bits per heavy atom. The molecule has 0 bridgehead atoms. The fourth-order valence-electron chi connectivity index (χ4n) is 1.37. The third kappa shape index (κ3) is 3.44. The molecular formula is C11H10F2N4OS. The van der Waals surface area contributed by atoms with Crippen LogP contribution in [-0.4, -0.2) is 27.7 Å². The Morgan fingerprint density at radius 1 is 1.42 bits per heavy atom. The molecule has 0 radical (unpaired) electrons. The Morgan fingerprint density at radius 3 is 2.63 bits per heavy atom. The maximum atomic E-state index is 12.0. The van der Waals surface area contributed by atoms with E-state index in [4.69, 9.17) is 12.2 Å². The average molecular weight is 284 g/mol. The van der Waals surface area contributed by atoms with E-state index in [2.05, 4.69) is 20.0 Å². The highest BCUT2D eigenvalue weighted by molar-refractivity contribution is 7.71. The van der Waals surface area contributed by atoms with E-state index in [0.29, 0.717) is 10.6 Å². The van der Waals surface area contributed by atoms with Crippen LogP contribution in [0, 0.1) is 11.7 Å². The first kappa shape index (κ1) is 13.3. The van der Waals surface area contributed by atoms with Gasteiger partial charge in [-0.05, 0) is 49.0 Å². The summed E-state index contributed by atoms with van der Waals surface area (Å²) in [5.74, 6) is 0.724. The number of benzene rings is 1. The van der Waals surface area contributed by atoms with Gasteiger partial charge in [-0.15, -0.1) is 0 Å². The highest BCUT2D eigenvalue weighted by atomic mass is 32.1. The first-order valence-electron chi connectivity index (χ1n) is 5.29. The quantitative estimate of drug-likeness (QED) is 0.693. The summed E-state index contributed by atoms with van der Waals surface area (Å²) in [5, 5.41) is 10.6. The van der Waals surface area contributed by atoms with Crippen LogP contribution in [0.4, 0.5) is 8.78 Å². The van der Waals surface area contributed by atoms with Crippen LogP contribution in [0.25, 0.3) is 0 Å². The molecule has 1 aromatic carbocycles. The summed E-state index contributed by atoms with van der Waals surface area (Å²) in [6.07, 6.45) is 1.55. The Bertz CT molecular complexity index is 633. The zero-order valence-corrected chi connectivity index (χ0v) is 10.7. The number of ether oxygens (including phenoxy) is 1.